The lowest BCUT2D eigenvalue weighted by Crippen LogP contribution is -2.46. The summed E-state index contributed by atoms with van der Waals surface area (Å²) < 4.78 is 26.6. The fourth-order valence-electron chi connectivity index (χ4n) is 2.26. The summed E-state index contributed by atoms with van der Waals surface area (Å²) in [5, 5.41) is 9.21. The zero-order valence-electron chi connectivity index (χ0n) is 11.9. The van der Waals surface area contributed by atoms with Crippen LogP contribution in [-0.2, 0) is 10.0 Å². The van der Waals surface area contributed by atoms with Gasteiger partial charge in [-0.05, 0) is 32.0 Å². The van der Waals surface area contributed by atoms with E-state index >= 15 is 0 Å². The zero-order chi connectivity index (χ0) is 15.8. The monoisotopic (exact) mass is 330 g/mol. The van der Waals surface area contributed by atoms with E-state index in [1.54, 1.807) is 11.8 Å². The van der Waals surface area contributed by atoms with Gasteiger partial charge in [-0.3, -0.25) is 0 Å². The first kappa shape index (κ1) is 16.1. The van der Waals surface area contributed by atoms with Gasteiger partial charge in [0.05, 0.1) is 10.5 Å². The maximum Gasteiger partial charge on any atom is 0.337 e. The first-order chi connectivity index (χ1) is 9.63. The minimum absolute atomic E-state index is 0.192. The van der Waals surface area contributed by atoms with Gasteiger partial charge < -0.3 is 10.8 Å². The number of hydrogen-bond donors (Lipinski definition) is 2. The van der Waals surface area contributed by atoms with E-state index in [1.165, 1.54) is 22.5 Å². The Bertz CT molecular complexity index is 671. The van der Waals surface area contributed by atoms with Gasteiger partial charge in [0.1, 0.15) is 0 Å². The van der Waals surface area contributed by atoms with Gasteiger partial charge in [0.25, 0.3) is 0 Å². The van der Waals surface area contributed by atoms with Crippen LogP contribution < -0.4 is 5.73 Å². The van der Waals surface area contributed by atoms with Crippen molar-refractivity contribution in [2.45, 2.75) is 23.5 Å². The lowest BCUT2D eigenvalue weighted by atomic mass is 10.2. The van der Waals surface area contributed by atoms with Crippen molar-refractivity contribution < 1.29 is 18.3 Å². The Kier molecular flexibility index (Phi) is 4.23. The van der Waals surface area contributed by atoms with Crippen LogP contribution in [0.1, 0.15) is 24.2 Å². The molecule has 116 valence electrons. The summed E-state index contributed by atoms with van der Waals surface area (Å²) in [5.41, 5.74) is 5.49. The maximum absolute atomic E-state index is 12.7. The van der Waals surface area contributed by atoms with Crippen molar-refractivity contribution >= 4 is 33.4 Å². The number of anilines is 1. The summed E-state index contributed by atoms with van der Waals surface area (Å²) in [6, 6.07) is 3.85. The van der Waals surface area contributed by atoms with Gasteiger partial charge in [0.15, 0.2) is 0 Å². The van der Waals surface area contributed by atoms with Crippen LogP contribution in [0.3, 0.4) is 0 Å². The molecule has 1 aliphatic rings. The van der Waals surface area contributed by atoms with E-state index in [0.29, 0.717) is 18.8 Å². The van der Waals surface area contributed by atoms with Crippen molar-refractivity contribution in [3.8, 4) is 0 Å². The van der Waals surface area contributed by atoms with Crippen LogP contribution >= 0.6 is 11.8 Å². The number of sulfonamides is 1. The van der Waals surface area contributed by atoms with Crippen LogP contribution in [0.5, 0.6) is 0 Å². The molecule has 1 saturated heterocycles. The molecule has 0 atom stereocenters. The summed E-state index contributed by atoms with van der Waals surface area (Å²) in [7, 11) is -3.84. The third-order valence-electron chi connectivity index (χ3n) is 3.24. The second-order valence-corrected chi connectivity index (χ2v) is 9.22. The number of rotatable bonds is 3. The Hall–Kier alpha value is -1.25. The lowest BCUT2D eigenvalue weighted by Gasteiger charge is -2.36. The topological polar surface area (TPSA) is 101 Å². The number of benzene rings is 1. The van der Waals surface area contributed by atoms with Crippen molar-refractivity contribution in [2.24, 2.45) is 0 Å². The van der Waals surface area contributed by atoms with Crippen molar-refractivity contribution in [1.29, 1.82) is 0 Å². The van der Waals surface area contributed by atoms with E-state index in [0.717, 1.165) is 0 Å². The second-order valence-electron chi connectivity index (χ2n) is 5.51. The molecular weight excluding hydrogens is 312 g/mol. The van der Waals surface area contributed by atoms with Crippen LogP contribution in [0.4, 0.5) is 5.69 Å². The highest BCUT2D eigenvalue weighted by molar-refractivity contribution is 8.00. The van der Waals surface area contributed by atoms with Gasteiger partial charge in [-0.15, -0.1) is 0 Å². The molecule has 2 rings (SSSR count). The van der Waals surface area contributed by atoms with Gasteiger partial charge in [-0.2, -0.15) is 16.1 Å². The molecule has 8 heteroatoms. The summed E-state index contributed by atoms with van der Waals surface area (Å²) in [6.45, 7) is 4.67. The number of carboxylic acids is 1. The fraction of sp³-hybridized carbons (Fsp3) is 0.462. The van der Waals surface area contributed by atoms with E-state index in [4.69, 9.17) is 5.73 Å². The third kappa shape index (κ3) is 3.33. The van der Waals surface area contributed by atoms with E-state index in [1.807, 2.05) is 13.8 Å². The van der Waals surface area contributed by atoms with E-state index in [2.05, 4.69) is 0 Å². The van der Waals surface area contributed by atoms with E-state index in [-0.39, 0.29) is 20.9 Å². The molecule has 0 spiro atoms. The average Bonchev–Trinajstić information content (AvgIpc) is 2.37. The molecule has 0 saturated carbocycles. The predicted octanol–water partition coefficient (Wildman–Crippen LogP) is 1.48. The van der Waals surface area contributed by atoms with Crippen LogP contribution in [0.25, 0.3) is 0 Å². The zero-order valence-corrected chi connectivity index (χ0v) is 13.5. The highest BCUT2D eigenvalue weighted by atomic mass is 32.2. The first-order valence-electron chi connectivity index (χ1n) is 6.40. The number of carboxylic acid groups (broad SMARTS) is 1. The summed E-state index contributed by atoms with van der Waals surface area (Å²) in [6.07, 6.45) is 0. The van der Waals surface area contributed by atoms with Crippen LogP contribution in [0.15, 0.2) is 23.1 Å². The lowest BCUT2D eigenvalue weighted by molar-refractivity contribution is 0.0692. The summed E-state index contributed by atoms with van der Waals surface area (Å²) in [4.78, 5) is 11.1. The summed E-state index contributed by atoms with van der Waals surface area (Å²) in [5.74, 6) is -0.615. The molecule has 1 aromatic carbocycles. The molecule has 0 aromatic heterocycles. The number of nitrogens with zero attached hydrogens (tertiary/aromatic N) is 1. The minimum atomic E-state index is -3.84. The molecule has 0 bridgehead atoms. The normalized spacial score (nSPS) is 19.3. The van der Waals surface area contributed by atoms with E-state index < -0.39 is 16.0 Å². The Labute approximate surface area is 128 Å². The Morgan fingerprint density at radius 3 is 2.67 bits per heavy atom. The van der Waals surface area contributed by atoms with Gasteiger partial charge in [-0.25, -0.2) is 13.2 Å². The first-order valence-corrected chi connectivity index (χ1v) is 8.83. The SMILES string of the molecule is CC1(C)CN(S(=O)(=O)c2ccc(N)cc2C(=O)O)CCS1. The molecule has 6 nitrogen and oxygen atoms in total. The smallest absolute Gasteiger partial charge is 0.337 e. The number of carbonyl (C=O) groups is 1. The Morgan fingerprint density at radius 1 is 1.43 bits per heavy atom. The average molecular weight is 330 g/mol. The maximum atomic E-state index is 12.7. The standard InChI is InChI=1S/C13H18N2O4S2/c1-13(2)8-15(5-6-20-13)21(18,19)11-4-3-9(14)7-10(11)12(16)17/h3-4,7H,5-6,8,14H2,1-2H3,(H,16,17). The van der Waals surface area contributed by atoms with Gasteiger partial charge in [0, 0.05) is 29.3 Å². The molecule has 3 N–H and O–H groups in total. The number of aromatic carboxylic acids is 1. The van der Waals surface area contributed by atoms with Gasteiger partial charge in [-0.1, -0.05) is 0 Å². The highest BCUT2D eigenvalue weighted by Crippen LogP contribution is 2.33. The molecule has 1 aliphatic heterocycles. The van der Waals surface area contributed by atoms with Crippen molar-refractivity contribution in [3.05, 3.63) is 23.8 Å². The molecular formula is C13H18N2O4S2. The number of thioether (sulfide) groups is 1. The van der Waals surface area contributed by atoms with Gasteiger partial charge >= 0.3 is 5.97 Å². The van der Waals surface area contributed by atoms with Crippen LogP contribution in [-0.4, -0.2) is 47.4 Å². The molecule has 1 heterocycles. The second kappa shape index (κ2) is 5.51. The minimum Gasteiger partial charge on any atom is -0.478 e. The Balaban J connectivity index is 2.47. The number of nitrogen functional groups attached to an aromatic ring is 1. The molecule has 21 heavy (non-hydrogen) atoms. The molecule has 0 unspecified atom stereocenters. The molecule has 1 aromatic rings. The number of nitrogens with two attached hydrogens (primary N) is 1. The number of hydrogen-bond acceptors (Lipinski definition) is 5. The van der Waals surface area contributed by atoms with E-state index in [9.17, 15) is 18.3 Å². The molecule has 0 radical (unpaired) electrons. The van der Waals surface area contributed by atoms with Gasteiger partial charge in [0.2, 0.25) is 10.0 Å². The highest BCUT2D eigenvalue weighted by Gasteiger charge is 2.36. The van der Waals surface area contributed by atoms with Crippen molar-refractivity contribution in [2.75, 3.05) is 24.6 Å². The van der Waals surface area contributed by atoms with Crippen LogP contribution in [0, 0.1) is 0 Å². The third-order valence-corrected chi connectivity index (χ3v) is 6.44. The van der Waals surface area contributed by atoms with Crippen molar-refractivity contribution in [1.82, 2.24) is 4.31 Å². The van der Waals surface area contributed by atoms with Crippen LogP contribution in [0.2, 0.25) is 0 Å². The molecule has 0 aliphatic carbocycles. The Morgan fingerprint density at radius 2 is 2.10 bits per heavy atom. The largest absolute Gasteiger partial charge is 0.478 e. The predicted molar refractivity (Wildman–Crippen MR) is 83.1 cm³/mol. The fourth-order valence-corrected chi connectivity index (χ4v) is 5.33. The molecule has 0 amide bonds. The van der Waals surface area contributed by atoms with Crippen molar-refractivity contribution in [3.63, 3.8) is 0 Å². The summed E-state index contributed by atoms with van der Waals surface area (Å²) >= 11 is 1.71. The quantitative estimate of drug-likeness (QED) is 0.814. The molecule has 1 fully saturated rings.